The zero-order valence-corrected chi connectivity index (χ0v) is 13.5. The Morgan fingerprint density at radius 2 is 1.67 bits per heavy atom. The molecule has 24 heavy (non-hydrogen) atoms. The monoisotopic (exact) mass is 323 g/mol. The van der Waals surface area contributed by atoms with Crippen molar-refractivity contribution in [1.29, 1.82) is 0 Å². The first kappa shape index (κ1) is 16.2. The lowest BCUT2D eigenvalue weighted by atomic mass is 9.64. The van der Waals surface area contributed by atoms with Crippen molar-refractivity contribution in [2.24, 2.45) is 0 Å². The Hall–Kier alpha value is -2.62. The van der Waals surface area contributed by atoms with Gasteiger partial charge in [-0.3, -0.25) is 4.79 Å². The maximum atomic E-state index is 12.7. The van der Waals surface area contributed by atoms with E-state index in [2.05, 4.69) is 5.32 Å². The van der Waals surface area contributed by atoms with E-state index in [1.165, 1.54) is 0 Å². The van der Waals surface area contributed by atoms with Crippen LogP contribution in [0.2, 0.25) is 0 Å². The highest BCUT2D eigenvalue weighted by molar-refractivity contribution is 5.90. The van der Waals surface area contributed by atoms with Crippen molar-refractivity contribution < 1.29 is 14.7 Å². The van der Waals surface area contributed by atoms with Crippen molar-refractivity contribution in [2.45, 2.75) is 31.1 Å². The number of amides is 1. The summed E-state index contributed by atoms with van der Waals surface area (Å²) in [5.74, 6) is -0.885. The van der Waals surface area contributed by atoms with Crippen LogP contribution < -0.4 is 5.32 Å². The number of hydrogen-bond donors (Lipinski definition) is 2. The molecule has 4 nitrogen and oxygen atoms in total. The number of rotatable bonds is 6. The van der Waals surface area contributed by atoms with E-state index in [-0.39, 0.29) is 5.91 Å². The van der Waals surface area contributed by atoms with Gasteiger partial charge in [-0.2, -0.15) is 0 Å². The molecular formula is C20H21NO3. The fourth-order valence-corrected chi connectivity index (χ4v) is 3.36. The predicted molar refractivity (Wildman–Crippen MR) is 92.1 cm³/mol. The number of aromatic carboxylic acids is 1. The van der Waals surface area contributed by atoms with Crippen LogP contribution in [0.4, 0.5) is 0 Å². The Kier molecular flexibility index (Phi) is 4.65. The van der Waals surface area contributed by atoms with Gasteiger partial charge in [-0.05, 0) is 36.5 Å². The van der Waals surface area contributed by atoms with Crippen LogP contribution in [-0.2, 0) is 16.6 Å². The quantitative estimate of drug-likeness (QED) is 0.858. The van der Waals surface area contributed by atoms with Crippen LogP contribution in [0.1, 0.15) is 40.7 Å². The molecule has 124 valence electrons. The van der Waals surface area contributed by atoms with Gasteiger partial charge in [0.1, 0.15) is 0 Å². The molecule has 2 N–H and O–H groups in total. The van der Waals surface area contributed by atoms with Gasteiger partial charge in [0.2, 0.25) is 5.91 Å². The molecule has 1 aliphatic rings. The fraction of sp³-hybridized carbons (Fsp3) is 0.300. The van der Waals surface area contributed by atoms with E-state index in [0.29, 0.717) is 18.5 Å². The number of carbonyl (C=O) groups is 2. The smallest absolute Gasteiger partial charge is 0.335 e. The third-order valence-corrected chi connectivity index (χ3v) is 4.90. The minimum atomic E-state index is -0.934. The Morgan fingerprint density at radius 3 is 2.29 bits per heavy atom. The van der Waals surface area contributed by atoms with Crippen LogP contribution in [0, 0.1) is 0 Å². The lowest BCUT2D eigenvalue weighted by Gasteiger charge is -2.40. The van der Waals surface area contributed by atoms with Gasteiger partial charge < -0.3 is 10.4 Å². The van der Waals surface area contributed by atoms with Crippen molar-refractivity contribution >= 4 is 11.9 Å². The number of carboxylic acids is 1. The van der Waals surface area contributed by atoms with Gasteiger partial charge in [-0.15, -0.1) is 0 Å². The molecule has 4 heteroatoms. The summed E-state index contributed by atoms with van der Waals surface area (Å²) in [5.41, 5.74) is 1.70. The molecule has 0 spiro atoms. The maximum absolute atomic E-state index is 12.7. The molecule has 0 heterocycles. The van der Waals surface area contributed by atoms with E-state index in [1.807, 2.05) is 36.4 Å². The lowest BCUT2D eigenvalue weighted by Crippen LogP contribution is -2.49. The van der Waals surface area contributed by atoms with Crippen LogP contribution in [0.5, 0.6) is 0 Å². The number of carbonyl (C=O) groups excluding carboxylic acids is 1. The fourth-order valence-electron chi connectivity index (χ4n) is 3.36. The van der Waals surface area contributed by atoms with E-state index < -0.39 is 11.4 Å². The first-order valence-corrected chi connectivity index (χ1v) is 8.28. The average Bonchev–Trinajstić information content (AvgIpc) is 2.55. The first-order valence-electron chi connectivity index (χ1n) is 8.28. The number of benzene rings is 2. The van der Waals surface area contributed by atoms with Gasteiger partial charge in [0.15, 0.2) is 0 Å². The lowest BCUT2D eigenvalue weighted by molar-refractivity contribution is -0.129. The average molecular weight is 323 g/mol. The summed E-state index contributed by atoms with van der Waals surface area (Å²) in [4.78, 5) is 24.0. The van der Waals surface area contributed by atoms with Gasteiger partial charge in [-0.1, -0.05) is 55.0 Å². The van der Waals surface area contributed by atoms with Crippen molar-refractivity contribution in [3.05, 3.63) is 71.3 Å². The Labute approximate surface area is 141 Å². The molecule has 1 fully saturated rings. The molecule has 0 bridgehead atoms. The van der Waals surface area contributed by atoms with Gasteiger partial charge >= 0.3 is 5.97 Å². The molecular weight excluding hydrogens is 302 g/mol. The molecule has 0 aliphatic heterocycles. The molecule has 0 aromatic heterocycles. The SMILES string of the molecule is O=C(O)c1ccccc1CCNC(=O)C1(c2ccccc2)CCC1. The zero-order valence-electron chi connectivity index (χ0n) is 13.5. The molecule has 0 saturated heterocycles. The largest absolute Gasteiger partial charge is 0.478 e. The number of nitrogens with one attached hydrogen (secondary N) is 1. The minimum Gasteiger partial charge on any atom is -0.478 e. The first-order chi connectivity index (χ1) is 11.6. The van der Waals surface area contributed by atoms with Crippen molar-refractivity contribution in [3.63, 3.8) is 0 Å². The van der Waals surface area contributed by atoms with E-state index in [9.17, 15) is 14.7 Å². The van der Waals surface area contributed by atoms with Crippen LogP contribution in [0.25, 0.3) is 0 Å². The summed E-state index contributed by atoms with van der Waals surface area (Å²) in [7, 11) is 0. The van der Waals surface area contributed by atoms with Crippen molar-refractivity contribution in [2.75, 3.05) is 6.54 Å². The molecule has 2 aromatic rings. The van der Waals surface area contributed by atoms with Gasteiger partial charge in [-0.25, -0.2) is 4.79 Å². The van der Waals surface area contributed by atoms with Crippen LogP contribution in [0.3, 0.4) is 0 Å². The third-order valence-electron chi connectivity index (χ3n) is 4.90. The molecule has 1 amide bonds. The normalized spacial score (nSPS) is 15.3. The van der Waals surface area contributed by atoms with Crippen LogP contribution >= 0.6 is 0 Å². The molecule has 1 saturated carbocycles. The predicted octanol–water partition coefficient (Wildman–Crippen LogP) is 3.17. The molecule has 0 atom stereocenters. The second-order valence-corrected chi connectivity index (χ2v) is 6.27. The summed E-state index contributed by atoms with van der Waals surface area (Å²) in [6.07, 6.45) is 3.31. The second-order valence-electron chi connectivity index (χ2n) is 6.27. The van der Waals surface area contributed by atoms with E-state index in [0.717, 1.165) is 30.4 Å². The minimum absolute atomic E-state index is 0.0488. The zero-order chi connectivity index (χ0) is 17.0. The highest BCUT2D eigenvalue weighted by atomic mass is 16.4. The Bertz CT molecular complexity index is 736. The highest BCUT2D eigenvalue weighted by Crippen LogP contribution is 2.43. The Balaban J connectivity index is 1.65. The second kappa shape index (κ2) is 6.87. The van der Waals surface area contributed by atoms with Gasteiger partial charge in [0.25, 0.3) is 0 Å². The topological polar surface area (TPSA) is 66.4 Å². The standard InChI is InChI=1S/C20H21NO3/c22-18(23)17-10-5-4-7-15(17)11-14-21-19(24)20(12-6-13-20)16-8-2-1-3-9-16/h1-5,7-10H,6,11-14H2,(H,21,24)(H,22,23). The van der Waals surface area contributed by atoms with E-state index in [1.54, 1.807) is 18.2 Å². The molecule has 1 aliphatic carbocycles. The number of carboxylic acid groups (broad SMARTS) is 1. The van der Waals surface area contributed by atoms with Crippen LogP contribution in [-0.4, -0.2) is 23.5 Å². The van der Waals surface area contributed by atoms with Crippen LogP contribution in [0.15, 0.2) is 54.6 Å². The molecule has 0 radical (unpaired) electrons. The summed E-state index contributed by atoms with van der Waals surface area (Å²) < 4.78 is 0. The summed E-state index contributed by atoms with van der Waals surface area (Å²) >= 11 is 0. The summed E-state index contributed by atoms with van der Waals surface area (Å²) in [6, 6.07) is 16.8. The number of hydrogen-bond acceptors (Lipinski definition) is 2. The van der Waals surface area contributed by atoms with E-state index >= 15 is 0 Å². The Morgan fingerprint density at radius 1 is 1.00 bits per heavy atom. The molecule has 3 rings (SSSR count). The van der Waals surface area contributed by atoms with E-state index in [4.69, 9.17) is 0 Å². The van der Waals surface area contributed by atoms with Crippen molar-refractivity contribution in [1.82, 2.24) is 5.32 Å². The highest BCUT2D eigenvalue weighted by Gasteiger charge is 2.45. The third kappa shape index (κ3) is 3.04. The molecule has 2 aromatic carbocycles. The van der Waals surface area contributed by atoms with Gasteiger partial charge in [0, 0.05) is 6.54 Å². The molecule has 0 unspecified atom stereocenters. The van der Waals surface area contributed by atoms with Gasteiger partial charge in [0.05, 0.1) is 11.0 Å². The maximum Gasteiger partial charge on any atom is 0.335 e. The van der Waals surface area contributed by atoms with Crippen molar-refractivity contribution in [3.8, 4) is 0 Å². The summed E-state index contributed by atoms with van der Waals surface area (Å²) in [5, 5.41) is 12.2. The summed E-state index contributed by atoms with van der Waals surface area (Å²) in [6.45, 7) is 0.442.